The fraction of sp³-hybridized carbons (Fsp3) is 0.600. The summed E-state index contributed by atoms with van der Waals surface area (Å²) in [7, 11) is 0. The quantitative estimate of drug-likeness (QED) is 0.454. The van der Waals surface area contributed by atoms with Crippen molar-refractivity contribution in [3.63, 3.8) is 0 Å². The summed E-state index contributed by atoms with van der Waals surface area (Å²) in [6.07, 6.45) is 2.30. The van der Waals surface area contributed by atoms with Gasteiger partial charge in [0, 0.05) is 13.1 Å². The van der Waals surface area contributed by atoms with Crippen LogP contribution in [-0.4, -0.2) is 25.2 Å². The van der Waals surface area contributed by atoms with Gasteiger partial charge >= 0.3 is 0 Å². The zero-order valence-electron chi connectivity index (χ0n) is 4.55. The Morgan fingerprint density at radius 3 is 3.50 bits per heavy atom. The van der Waals surface area contributed by atoms with E-state index in [1.165, 1.54) is 6.21 Å². The zero-order chi connectivity index (χ0) is 5.82. The van der Waals surface area contributed by atoms with Crippen LogP contribution in [0.4, 0.5) is 0 Å². The molecule has 3 heteroatoms. The van der Waals surface area contributed by atoms with Gasteiger partial charge in [-0.3, -0.25) is 9.79 Å². The molecule has 0 spiro atoms. The van der Waals surface area contributed by atoms with Crippen molar-refractivity contribution in [3.8, 4) is 0 Å². The van der Waals surface area contributed by atoms with Crippen LogP contribution < -0.4 is 5.32 Å². The SMILES string of the molecule is O=C1C=NCCCN1. The molecule has 1 N–H and O–H groups in total. The summed E-state index contributed by atoms with van der Waals surface area (Å²) in [6.45, 7) is 1.54. The van der Waals surface area contributed by atoms with Gasteiger partial charge in [0.1, 0.15) is 0 Å². The van der Waals surface area contributed by atoms with Crippen LogP contribution in [0.5, 0.6) is 0 Å². The minimum Gasteiger partial charge on any atom is -0.351 e. The standard InChI is InChI=1S/C5H8N2O/c8-5-4-6-2-1-3-7-5/h4H,1-3H2,(H,7,8). The molecule has 1 amide bonds. The first-order valence-electron chi connectivity index (χ1n) is 2.67. The highest BCUT2D eigenvalue weighted by Gasteiger charge is 1.97. The Morgan fingerprint density at radius 2 is 2.62 bits per heavy atom. The van der Waals surface area contributed by atoms with Crippen molar-refractivity contribution < 1.29 is 4.79 Å². The van der Waals surface area contributed by atoms with Crippen LogP contribution in [0.15, 0.2) is 4.99 Å². The van der Waals surface area contributed by atoms with Crippen LogP contribution in [-0.2, 0) is 4.79 Å². The van der Waals surface area contributed by atoms with Crippen LogP contribution in [0.1, 0.15) is 6.42 Å². The van der Waals surface area contributed by atoms with Crippen molar-refractivity contribution in [2.45, 2.75) is 6.42 Å². The maximum absolute atomic E-state index is 10.4. The van der Waals surface area contributed by atoms with Gasteiger partial charge < -0.3 is 5.32 Å². The smallest absolute Gasteiger partial charge is 0.261 e. The zero-order valence-corrected chi connectivity index (χ0v) is 4.55. The number of carbonyl (C=O) groups is 1. The number of carbonyl (C=O) groups excluding carboxylic acids is 1. The maximum Gasteiger partial charge on any atom is 0.261 e. The topological polar surface area (TPSA) is 41.5 Å². The Balaban J connectivity index is 2.44. The number of hydrogen-bond acceptors (Lipinski definition) is 2. The monoisotopic (exact) mass is 112 g/mol. The van der Waals surface area contributed by atoms with Crippen molar-refractivity contribution in [1.82, 2.24) is 5.32 Å². The molecule has 44 valence electrons. The summed E-state index contributed by atoms with van der Waals surface area (Å²) in [5.74, 6) is -0.0671. The summed E-state index contributed by atoms with van der Waals surface area (Å²) in [5, 5.41) is 2.66. The highest BCUT2D eigenvalue weighted by Crippen LogP contribution is 1.81. The molecule has 0 radical (unpaired) electrons. The van der Waals surface area contributed by atoms with E-state index < -0.39 is 0 Å². The highest BCUT2D eigenvalue weighted by atomic mass is 16.1. The minimum absolute atomic E-state index is 0.0671. The average molecular weight is 112 g/mol. The Kier molecular flexibility index (Phi) is 1.62. The molecule has 0 aromatic heterocycles. The third-order valence-corrected chi connectivity index (χ3v) is 0.972. The molecule has 8 heavy (non-hydrogen) atoms. The van der Waals surface area contributed by atoms with E-state index in [0.29, 0.717) is 0 Å². The van der Waals surface area contributed by atoms with Gasteiger partial charge in [-0.15, -0.1) is 0 Å². The van der Waals surface area contributed by atoms with Crippen molar-refractivity contribution in [1.29, 1.82) is 0 Å². The fourth-order valence-electron chi connectivity index (χ4n) is 0.575. The highest BCUT2D eigenvalue weighted by molar-refractivity contribution is 6.26. The summed E-state index contributed by atoms with van der Waals surface area (Å²) in [6, 6.07) is 0. The fourth-order valence-corrected chi connectivity index (χ4v) is 0.575. The van der Waals surface area contributed by atoms with Gasteiger partial charge in [-0.05, 0) is 6.42 Å². The van der Waals surface area contributed by atoms with E-state index in [1.807, 2.05) is 0 Å². The molecule has 1 aliphatic rings. The lowest BCUT2D eigenvalue weighted by Crippen LogP contribution is -2.23. The second kappa shape index (κ2) is 2.45. The van der Waals surface area contributed by atoms with Crippen LogP contribution in [0.2, 0.25) is 0 Å². The Morgan fingerprint density at radius 1 is 1.75 bits per heavy atom. The van der Waals surface area contributed by atoms with Crippen molar-refractivity contribution >= 4 is 12.1 Å². The predicted octanol–water partition coefficient (Wildman–Crippen LogP) is -0.423. The summed E-state index contributed by atoms with van der Waals surface area (Å²) in [4.78, 5) is 14.2. The number of nitrogens with one attached hydrogen (secondary N) is 1. The van der Waals surface area contributed by atoms with Gasteiger partial charge in [0.2, 0.25) is 0 Å². The molecule has 0 aromatic carbocycles. The second-order valence-corrected chi connectivity index (χ2v) is 1.68. The first-order valence-corrected chi connectivity index (χ1v) is 2.67. The van der Waals surface area contributed by atoms with E-state index in [4.69, 9.17) is 0 Å². The number of nitrogens with zero attached hydrogens (tertiary/aromatic N) is 1. The lowest BCUT2D eigenvalue weighted by Gasteiger charge is -1.91. The van der Waals surface area contributed by atoms with E-state index in [0.717, 1.165) is 19.5 Å². The van der Waals surface area contributed by atoms with Gasteiger partial charge in [0.15, 0.2) is 0 Å². The second-order valence-electron chi connectivity index (χ2n) is 1.68. The van der Waals surface area contributed by atoms with Crippen LogP contribution in [0, 0.1) is 0 Å². The third kappa shape index (κ3) is 1.33. The molecule has 0 aliphatic carbocycles. The molecule has 3 nitrogen and oxygen atoms in total. The molecule has 0 atom stereocenters. The van der Waals surface area contributed by atoms with Gasteiger partial charge in [0.05, 0.1) is 6.21 Å². The molecule has 0 aromatic rings. The van der Waals surface area contributed by atoms with Crippen molar-refractivity contribution in [2.24, 2.45) is 4.99 Å². The molecule has 0 saturated carbocycles. The molecule has 0 unspecified atom stereocenters. The first-order chi connectivity index (χ1) is 3.89. The summed E-state index contributed by atoms with van der Waals surface area (Å²) in [5.41, 5.74) is 0. The van der Waals surface area contributed by atoms with E-state index in [1.54, 1.807) is 0 Å². The summed E-state index contributed by atoms with van der Waals surface area (Å²) < 4.78 is 0. The van der Waals surface area contributed by atoms with Gasteiger partial charge in [-0.1, -0.05) is 0 Å². The predicted molar refractivity (Wildman–Crippen MR) is 31.0 cm³/mol. The molecular formula is C5H8N2O. The van der Waals surface area contributed by atoms with E-state index in [9.17, 15) is 4.79 Å². The van der Waals surface area contributed by atoms with Crippen LogP contribution in [0.3, 0.4) is 0 Å². The molecule has 1 aliphatic heterocycles. The minimum atomic E-state index is -0.0671. The molecule has 0 bridgehead atoms. The van der Waals surface area contributed by atoms with Gasteiger partial charge in [0.25, 0.3) is 5.91 Å². The molecular weight excluding hydrogens is 104 g/mol. The van der Waals surface area contributed by atoms with Crippen LogP contribution in [0.25, 0.3) is 0 Å². The lowest BCUT2D eigenvalue weighted by atomic mass is 10.4. The molecule has 1 rings (SSSR count). The van der Waals surface area contributed by atoms with Crippen LogP contribution >= 0.6 is 0 Å². The molecule has 0 fully saturated rings. The normalized spacial score (nSPS) is 19.8. The maximum atomic E-state index is 10.4. The Hall–Kier alpha value is -0.860. The largest absolute Gasteiger partial charge is 0.351 e. The third-order valence-electron chi connectivity index (χ3n) is 0.972. The van der Waals surface area contributed by atoms with Gasteiger partial charge in [-0.2, -0.15) is 0 Å². The number of amides is 1. The van der Waals surface area contributed by atoms with E-state index >= 15 is 0 Å². The number of aliphatic imine (C=N–C) groups is 1. The Bertz CT molecular complexity index is 120. The number of hydrogen-bond donors (Lipinski definition) is 1. The van der Waals surface area contributed by atoms with E-state index in [-0.39, 0.29) is 5.91 Å². The first kappa shape index (κ1) is 5.28. The number of rotatable bonds is 0. The average Bonchev–Trinajstić information content (AvgIpc) is 1.94. The van der Waals surface area contributed by atoms with Crippen molar-refractivity contribution in [3.05, 3.63) is 0 Å². The Labute approximate surface area is 47.8 Å². The van der Waals surface area contributed by atoms with Gasteiger partial charge in [-0.25, -0.2) is 0 Å². The van der Waals surface area contributed by atoms with Crippen molar-refractivity contribution in [2.75, 3.05) is 13.1 Å². The van der Waals surface area contributed by atoms with E-state index in [2.05, 4.69) is 10.3 Å². The molecule has 0 saturated heterocycles. The summed E-state index contributed by atoms with van der Waals surface area (Å²) >= 11 is 0. The lowest BCUT2D eigenvalue weighted by molar-refractivity contribution is -0.114. The molecule has 1 heterocycles.